The molecule has 1 amide bonds. The maximum atomic E-state index is 11.0. The maximum Gasteiger partial charge on any atom is 0.238 e. The van der Waals surface area contributed by atoms with Crippen molar-refractivity contribution in [3.63, 3.8) is 0 Å². The van der Waals surface area contributed by atoms with Crippen molar-refractivity contribution >= 4 is 18.1 Å². The number of rotatable bonds is 2. The lowest BCUT2D eigenvalue weighted by Crippen LogP contribution is -2.37. The Morgan fingerprint density at radius 3 is 3.06 bits per heavy atom. The molecule has 88 valence electrons. The highest BCUT2D eigenvalue weighted by Crippen LogP contribution is 2.27. The second-order valence-corrected chi connectivity index (χ2v) is 4.54. The predicted octanol–water partition coefficient (Wildman–Crippen LogP) is 0.955. The molecule has 0 saturated heterocycles. The third-order valence-electron chi connectivity index (χ3n) is 2.91. The monoisotopic (exact) mass is 241 g/mol. The van der Waals surface area contributed by atoms with E-state index in [9.17, 15) is 4.79 Å². The Morgan fingerprint density at radius 2 is 2.44 bits per heavy atom. The summed E-state index contributed by atoms with van der Waals surface area (Å²) in [5.74, 6) is 0.0250. The van der Waals surface area contributed by atoms with Gasteiger partial charge in [0.2, 0.25) is 10.7 Å². The maximum absolute atomic E-state index is 11.0. The van der Waals surface area contributed by atoms with Crippen LogP contribution in [0.3, 0.4) is 0 Å². The van der Waals surface area contributed by atoms with E-state index in [2.05, 4.69) is 20.8 Å². The molecule has 0 aliphatic heterocycles. The van der Waals surface area contributed by atoms with Crippen LogP contribution in [0.2, 0.25) is 0 Å². The van der Waals surface area contributed by atoms with Crippen LogP contribution in [0.4, 0.5) is 0 Å². The number of carbonyl (C=O) groups is 1. The summed E-state index contributed by atoms with van der Waals surface area (Å²) in [5, 5.41) is 13.2. The number of tetrazole rings is 1. The molecule has 16 heavy (non-hydrogen) atoms. The van der Waals surface area contributed by atoms with Gasteiger partial charge >= 0.3 is 0 Å². The highest BCUT2D eigenvalue weighted by molar-refractivity contribution is 7.71. The van der Waals surface area contributed by atoms with Crippen molar-refractivity contribution in [1.29, 1.82) is 0 Å². The zero-order chi connectivity index (χ0) is 11.5. The van der Waals surface area contributed by atoms with Crippen LogP contribution in [0, 0.1) is 4.77 Å². The van der Waals surface area contributed by atoms with Gasteiger partial charge in [-0.15, -0.1) is 0 Å². The van der Waals surface area contributed by atoms with Crippen LogP contribution in [0.1, 0.15) is 38.6 Å². The van der Waals surface area contributed by atoms with Gasteiger partial charge in [-0.25, -0.2) is 4.68 Å². The Hall–Kier alpha value is -1.24. The topological polar surface area (TPSA) is 75.6 Å². The number of nitrogens with zero attached hydrogens (tertiary/aromatic N) is 3. The average Bonchev–Trinajstić information content (AvgIpc) is 2.64. The van der Waals surface area contributed by atoms with Gasteiger partial charge in [0.15, 0.2) is 0 Å². The number of hydrogen-bond donors (Lipinski definition) is 2. The van der Waals surface area contributed by atoms with Crippen molar-refractivity contribution in [3.8, 4) is 0 Å². The van der Waals surface area contributed by atoms with E-state index >= 15 is 0 Å². The van der Waals surface area contributed by atoms with E-state index in [1.807, 2.05) is 4.68 Å². The highest BCUT2D eigenvalue weighted by Gasteiger charge is 2.24. The van der Waals surface area contributed by atoms with Crippen LogP contribution in [-0.4, -0.2) is 32.2 Å². The van der Waals surface area contributed by atoms with E-state index < -0.39 is 0 Å². The Balaban J connectivity index is 2.05. The summed E-state index contributed by atoms with van der Waals surface area (Å²) >= 11 is 5.06. The summed E-state index contributed by atoms with van der Waals surface area (Å²) in [6.07, 6.45) is 4.05. The fourth-order valence-corrected chi connectivity index (χ4v) is 2.49. The number of carbonyl (C=O) groups excluding carboxylic acids is 1. The first-order valence-corrected chi connectivity index (χ1v) is 5.84. The first-order valence-electron chi connectivity index (χ1n) is 5.43. The van der Waals surface area contributed by atoms with Crippen LogP contribution in [-0.2, 0) is 4.79 Å². The predicted molar refractivity (Wildman–Crippen MR) is 60.3 cm³/mol. The lowest BCUT2D eigenvalue weighted by molar-refractivity contribution is -0.119. The summed E-state index contributed by atoms with van der Waals surface area (Å²) in [6.45, 7) is 1.55. The molecule has 0 radical (unpaired) electrons. The van der Waals surface area contributed by atoms with Crippen molar-refractivity contribution in [2.24, 2.45) is 0 Å². The molecule has 1 fully saturated rings. The van der Waals surface area contributed by atoms with Gasteiger partial charge in [0.05, 0.1) is 6.04 Å². The molecule has 1 aromatic rings. The number of H-pyrrole nitrogens is 1. The minimum absolute atomic E-state index is 0.0250. The number of aromatic nitrogens is 4. The Bertz CT molecular complexity index is 426. The molecule has 1 aliphatic rings. The standard InChI is InChI=1S/C9H15N5OS/c1-6(15)10-7-3-2-4-8(5-7)14-9(16)11-12-13-14/h7-8H,2-5H2,1H3,(H,10,15)(H,11,13,16). The average molecular weight is 241 g/mol. The normalized spacial score (nSPS) is 25.3. The van der Waals surface area contributed by atoms with Crippen molar-refractivity contribution in [1.82, 2.24) is 25.5 Å². The van der Waals surface area contributed by atoms with Gasteiger partial charge in [-0.1, -0.05) is 10.3 Å². The molecule has 7 heteroatoms. The molecule has 2 N–H and O–H groups in total. The Morgan fingerprint density at radius 1 is 1.62 bits per heavy atom. The van der Waals surface area contributed by atoms with Gasteiger partial charge in [-0.3, -0.25) is 4.79 Å². The largest absolute Gasteiger partial charge is 0.354 e. The molecule has 2 unspecified atom stereocenters. The van der Waals surface area contributed by atoms with Crippen LogP contribution in [0.25, 0.3) is 0 Å². The van der Waals surface area contributed by atoms with E-state index in [0.717, 1.165) is 25.7 Å². The molecule has 1 aromatic heterocycles. The summed E-state index contributed by atoms with van der Waals surface area (Å²) < 4.78 is 2.29. The molecule has 1 heterocycles. The Labute approximate surface area is 98.4 Å². The third-order valence-corrected chi connectivity index (χ3v) is 3.19. The number of amides is 1. The molecule has 1 saturated carbocycles. The molecular formula is C9H15N5OS. The molecular weight excluding hydrogens is 226 g/mol. The van der Waals surface area contributed by atoms with Crippen LogP contribution in [0.5, 0.6) is 0 Å². The molecule has 6 nitrogen and oxygen atoms in total. The van der Waals surface area contributed by atoms with E-state index in [4.69, 9.17) is 12.2 Å². The highest BCUT2D eigenvalue weighted by atomic mass is 32.1. The fraction of sp³-hybridized carbons (Fsp3) is 0.778. The summed E-state index contributed by atoms with van der Waals surface area (Å²) in [6, 6.07) is 0.509. The van der Waals surface area contributed by atoms with Gasteiger partial charge in [0.25, 0.3) is 0 Å². The van der Waals surface area contributed by atoms with Crippen molar-refractivity contribution in [2.75, 3.05) is 0 Å². The van der Waals surface area contributed by atoms with Crippen molar-refractivity contribution in [2.45, 2.75) is 44.7 Å². The lowest BCUT2D eigenvalue weighted by atomic mass is 9.91. The summed E-state index contributed by atoms with van der Waals surface area (Å²) in [4.78, 5) is 11.0. The van der Waals surface area contributed by atoms with Crippen molar-refractivity contribution in [3.05, 3.63) is 4.77 Å². The van der Waals surface area contributed by atoms with Gasteiger partial charge in [0, 0.05) is 13.0 Å². The first-order chi connectivity index (χ1) is 7.66. The second-order valence-electron chi connectivity index (χ2n) is 4.17. The van der Waals surface area contributed by atoms with Gasteiger partial charge in [0.1, 0.15) is 0 Å². The van der Waals surface area contributed by atoms with E-state index in [1.54, 1.807) is 6.92 Å². The minimum Gasteiger partial charge on any atom is -0.354 e. The van der Waals surface area contributed by atoms with Crippen LogP contribution >= 0.6 is 12.2 Å². The van der Waals surface area contributed by atoms with Gasteiger partial charge in [-0.2, -0.15) is 5.21 Å². The fourth-order valence-electron chi connectivity index (χ4n) is 2.26. The molecule has 0 aromatic carbocycles. The first kappa shape index (κ1) is 11.3. The minimum atomic E-state index is 0.0250. The molecule has 0 bridgehead atoms. The molecule has 2 atom stereocenters. The van der Waals surface area contributed by atoms with E-state index in [1.165, 1.54) is 0 Å². The third kappa shape index (κ3) is 2.46. The quantitative estimate of drug-likeness (QED) is 0.756. The van der Waals surface area contributed by atoms with Gasteiger partial charge in [-0.05, 0) is 37.9 Å². The zero-order valence-electron chi connectivity index (χ0n) is 9.14. The second kappa shape index (κ2) is 4.73. The van der Waals surface area contributed by atoms with Crippen LogP contribution < -0.4 is 5.32 Å². The van der Waals surface area contributed by atoms with E-state index in [0.29, 0.717) is 4.77 Å². The number of aromatic amines is 1. The molecule has 0 spiro atoms. The van der Waals surface area contributed by atoms with Gasteiger partial charge < -0.3 is 5.32 Å². The zero-order valence-corrected chi connectivity index (χ0v) is 9.96. The van der Waals surface area contributed by atoms with Crippen molar-refractivity contribution < 1.29 is 4.79 Å². The Kier molecular flexibility index (Phi) is 3.33. The summed E-state index contributed by atoms with van der Waals surface area (Å²) in [5.41, 5.74) is 0. The van der Waals surface area contributed by atoms with E-state index in [-0.39, 0.29) is 18.0 Å². The molecule has 2 rings (SSSR count). The number of hydrogen-bond acceptors (Lipinski definition) is 4. The molecule has 1 aliphatic carbocycles. The number of nitrogens with one attached hydrogen (secondary N) is 2. The lowest BCUT2D eigenvalue weighted by Gasteiger charge is -2.29. The smallest absolute Gasteiger partial charge is 0.238 e. The SMILES string of the molecule is CC(=O)NC1CCCC(n2[nH]nnc2=S)C1. The van der Waals surface area contributed by atoms with Crippen LogP contribution in [0.15, 0.2) is 0 Å². The summed E-state index contributed by atoms with van der Waals surface area (Å²) in [7, 11) is 0.